The van der Waals surface area contributed by atoms with E-state index in [-0.39, 0.29) is 34.8 Å². The first-order valence-corrected chi connectivity index (χ1v) is 11.4. The number of rotatable bonds is 3. The van der Waals surface area contributed by atoms with Crippen LogP contribution in [0.2, 0.25) is 0 Å². The highest BCUT2D eigenvalue weighted by atomic mass is 32.2. The fourth-order valence-electron chi connectivity index (χ4n) is 5.58. The number of carbonyl (C=O) groups is 1. The van der Waals surface area contributed by atoms with E-state index in [1.54, 1.807) is 0 Å². The number of benzene rings is 1. The summed E-state index contributed by atoms with van der Waals surface area (Å²) in [7, 11) is -3.97. The lowest BCUT2D eigenvalue weighted by Crippen LogP contribution is -2.69. The van der Waals surface area contributed by atoms with Gasteiger partial charge in [0.1, 0.15) is 6.10 Å². The van der Waals surface area contributed by atoms with E-state index in [0.717, 1.165) is 25.7 Å². The second-order valence-corrected chi connectivity index (χ2v) is 10.3. The fraction of sp³-hybridized carbons (Fsp3) is 0.550. The molecule has 5 atom stereocenters. The molecule has 3 heterocycles. The van der Waals surface area contributed by atoms with Crippen LogP contribution in [0.5, 0.6) is 0 Å². The Morgan fingerprint density at radius 1 is 1.17 bits per heavy atom. The largest absolute Gasteiger partial charge is 0.365 e. The summed E-state index contributed by atoms with van der Waals surface area (Å²) in [5.74, 6) is 0.183. The van der Waals surface area contributed by atoms with Gasteiger partial charge in [0.25, 0.3) is 5.69 Å². The van der Waals surface area contributed by atoms with Crippen LogP contribution < -0.4 is 0 Å². The summed E-state index contributed by atoms with van der Waals surface area (Å²) in [4.78, 5) is 23.2. The van der Waals surface area contributed by atoms with Crippen molar-refractivity contribution in [1.29, 1.82) is 0 Å². The minimum atomic E-state index is -3.97. The van der Waals surface area contributed by atoms with Crippen molar-refractivity contribution in [3.05, 3.63) is 46.5 Å². The quantitative estimate of drug-likeness (QED) is 0.424. The Balaban J connectivity index is 1.56. The zero-order chi connectivity index (χ0) is 20.4. The third-order valence-corrected chi connectivity index (χ3v) is 8.82. The Kier molecular flexibility index (Phi) is 4.20. The molecule has 29 heavy (non-hydrogen) atoms. The van der Waals surface area contributed by atoms with Crippen molar-refractivity contribution >= 4 is 21.5 Å². The number of non-ortho nitro benzene ring substituents is 1. The van der Waals surface area contributed by atoms with E-state index in [0.29, 0.717) is 6.42 Å². The highest BCUT2D eigenvalue weighted by molar-refractivity contribution is 7.89. The maximum Gasteiger partial charge on any atom is 0.269 e. The molecule has 0 amide bonds. The molecule has 3 fully saturated rings. The molecule has 154 valence electrons. The third kappa shape index (κ3) is 2.71. The van der Waals surface area contributed by atoms with Crippen molar-refractivity contribution < 1.29 is 22.9 Å². The molecule has 8 nitrogen and oxygen atoms in total. The summed E-state index contributed by atoms with van der Waals surface area (Å²) in [5.41, 5.74) is -1.17. The van der Waals surface area contributed by atoms with E-state index in [2.05, 4.69) is 0 Å². The van der Waals surface area contributed by atoms with Crippen molar-refractivity contribution in [2.24, 2.45) is 5.92 Å². The predicted octanol–water partition coefficient (Wildman–Crippen LogP) is 2.58. The summed E-state index contributed by atoms with van der Waals surface area (Å²) in [6, 6.07) is 4.38. The van der Waals surface area contributed by atoms with Gasteiger partial charge in [-0.15, -0.1) is 0 Å². The monoisotopic (exact) mass is 418 g/mol. The van der Waals surface area contributed by atoms with Crippen molar-refractivity contribution in [3.8, 4) is 0 Å². The summed E-state index contributed by atoms with van der Waals surface area (Å²) in [6.45, 7) is 0. The van der Waals surface area contributed by atoms with Crippen LogP contribution in [0, 0.1) is 16.0 Å². The average molecular weight is 418 g/mol. The van der Waals surface area contributed by atoms with Gasteiger partial charge in [-0.1, -0.05) is 25.0 Å². The van der Waals surface area contributed by atoms with Gasteiger partial charge in [0.2, 0.25) is 10.0 Å². The van der Waals surface area contributed by atoms with Crippen LogP contribution in [0.15, 0.2) is 41.3 Å². The number of fused-ring (bicyclic) bond motifs is 2. The van der Waals surface area contributed by atoms with Crippen LogP contribution in [0.25, 0.3) is 0 Å². The molecule has 0 unspecified atom stereocenters. The molecule has 1 spiro atoms. The number of ketones is 1. The van der Waals surface area contributed by atoms with E-state index >= 15 is 0 Å². The van der Waals surface area contributed by atoms with Gasteiger partial charge in [0.05, 0.1) is 27.5 Å². The zero-order valence-corrected chi connectivity index (χ0v) is 16.6. The smallest absolute Gasteiger partial charge is 0.269 e. The topological polar surface area (TPSA) is 107 Å². The molecule has 0 N–H and O–H groups in total. The highest BCUT2D eigenvalue weighted by Gasteiger charge is 2.63. The second kappa shape index (κ2) is 6.45. The Bertz CT molecular complexity index is 1000. The standard InChI is InChI=1S/C20H22N2O6S/c23-17-11-15-9-10-20(12-13-3-1-2-4-18(13)28-19(17)20)21(15)29(26,27)16-7-5-14(6-8-16)22(24)25/h5-10,13,15,18-19H,1-4,11-12H2/t13-,15-,18-,19+,20-/m1/s1. The maximum atomic E-state index is 13.6. The first-order chi connectivity index (χ1) is 13.8. The summed E-state index contributed by atoms with van der Waals surface area (Å²) in [5, 5.41) is 10.9. The first-order valence-electron chi connectivity index (χ1n) is 9.99. The Labute approximate surface area is 168 Å². The number of nitrogens with zero attached hydrogens (tertiary/aromatic N) is 2. The lowest BCUT2D eigenvalue weighted by molar-refractivity contribution is -0.384. The minimum absolute atomic E-state index is 0.00459. The lowest BCUT2D eigenvalue weighted by atomic mass is 9.71. The van der Waals surface area contributed by atoms with Crippen molar-refractivity contribution in [2.45, 2.75) is 67.2 Å². The van der Waals surface area contributed by atoms with Crippen LogP contribution in [-0.4, -0.2) is 47.2 Å². The third-order valence-electron chi connectivity index (χ3n) is 6.82. The summed E-state index contributed by atoms with van der Waals surface area (Å²) in [6.07, 6.45) is 7.60. The van der Waals surface area contributed by atoms with Crippen molar-refractivity contribution in [1.82, 2.24) is 4.31 Å². The normalized spacial score (nSPS) is 36.5. The number of ether oxygens (including phenoxy) is 1. The number of hydrogen-bond acceptors (Lipinski definition) is 6. The molecule has 0 aromatic heterocycles. The summed E-state index contributed by atoms with van der Waals surface area (Å²) < 4.78 is 34.9. The molecule has 1 aliphatic carbocycles. The van der Waals surface area contributed by atoms with Gasteiger partial charge in [-0.2, -0.15) is 4.31 Å². The highest BCUT2D eigenvalue weighted by Crippen LogP contribution is 2.52. The number of hydrogen-bond donors (Lipinski definition) is 0. The van der Waals surface area contributed by atoms with Crippen LogP contribution in [0.3, 0.4) is 0 Å². The average Bonchev–Trinajstić information content (AvgIpc) is 2.99. The second-order valence-electron chi connectivity index (χ2n) is 8.44. The number of carbonyl (C=O) groups excluding carboxylic acids is 1. The zero-order valence-electron chi connectivity index (χ0n) is 15.8. The predicted molar refractivity (Wildman–Crippen MR) is 103 cm³/mol. The Morgan fingerprint density at radius 3 is 2.62 bits per heavy atom. The van der Waals surface area contributed by atoms with Gasteiger partial charge in [-0.05, 0) is 37.3 Å². The molecule has 4 aliphatic rings. The molecule has 3 aliphatic heterocycles. The molecular weight excluding hydrogens is 396 g/mol. The molecular formula is C20H22N2O6S. The molecule has 1 aromatic rings. The number of nitro benzene ring substituents is 1. The SMILES string of the molecule is O=C1C[C@H]2C=C[C@]3(C[C@H]4CCCC[C@H]4O[C@@H]13)N2S(=O)(=O)c1ccc([N+](=O)[O-])cc1. The molecule has 5 rings (SSSR count). The molecule has 1 aromatic carbocycles. The lowest BCUT2D eigenvalue weighted by Gasteiger charge is -2.54. The number of nitro groups is 1. The number of Topliss-reactive ketones (excluding diaryl/α,β-unsaturated/α-hetero) is 1. The maximum absolute atomic E-state index is 13.6. The van der Waals surface area contributed by atoms with Crippen molar-refractivity contribution in [2.75, 3.05) is 0 Å². The Hall–Kier alpha value is -2.10. The van der Waals surface area contributed by atoms with Gasteiger partial charge in [-0.3, -0.25) is 14.9 Å². The molecule has 1 saturated carbocycles. The van der Waals surface area contributed by atoms with Gasteiger partial charge < -0.3 is 4.74 Å². The van der Waals surface area contributed by atoms with E-state index in [1.165, 1.54) is 28.6 Å². The van der Waals surface area contributed by atoms with E-state index in [1.807, 2.05) is 12.2 Å². The Morgan fingerprint density at radius 2 is 1.90 bits per heavy atom. The van der Waals surface area contributed by atoms with Gasteiger partial charge in [0, 0.05) is 18.6 Å². The van der Waals surface area contributed by atoms with E-state index < -0.39 is 32.6 Å². The van der Waals surface area contributed by atoms with E-state index in [9.17, 15) is 23.3 Å². The molecule has 2 bridgehead atoms. The van der Waals surface area contributed by atoms with Gasteiger partial charge in [0.15, 0.2) is 5.78 Å². The molecule has 9 heteroatoms. The fourth-order valence-corrected chi connectivity index (χ4v) is 7.47. The number of piperidine rings is 1. The van der Waals surface area contributed by atoms with Crippen LogP contribution in [-0.2, 0) is 19.6 Å². The minimum Gasteiger partial charge on any atom is -0.365 e. The molecule has 0 radical (unpaired) electrons. The van der Waals surface area contributed by atoms with Crippen LogP contribution in [0.4, 0.5) is 5.69 Å². The van der Waals surface area contributed by atoms with Gasteiger partial charge >= 0.3 is 0 Å². The summed E-state index contributed by atoms with van der Waals surface area (Å²) >= 11 is 0. The van der Waals surface area contributed by atoms with Crippen LogP contribution in [0.1, 0.15) is 38.5 Å². The molecule has 2 saturated heterocycles. The van der Waals surface area contributed by atoms with E-state index in [4.69, 9.17) is 4.74 Å². The first kappa shape index (κ1) is 18.9. The van der Waals surface area contributed by atoms with Crippen LogP contribution >= 0.6 is 0 Å². The number of sulfonamides is 1. The van der Waals surface area contributed by atoms with Gasteiger partial charge in [-0.25, -0.2) is 8.42 Å². The van der Waals surface area contributed by atoms with Crippen molar-refractivity contribution in [3.63, 3.8) is 0 Å².